The molecule has 1 amide bonds. The van der Waals surface area contributed by atoms with Gasteiger partial charge in [-0.25, -0.2) is 0 Å². The van der Waals surface area contributed by atoms with E-state index in [-0.39, 0.29) is 12.5 Å². The average Bonchev–Trinajstić information content (AvgIpc) is 3.04. The van der Waals surface area contributed by atoms with Gasteiger partial charge in [0.15, 0.2) is 5.75 Å². The smallest absolute Gasteiger partial charge is 0.296 e. The zero-order valence-electron chi connectivity index (χ0n) is 12.8. The predicted octanol–water partition coefficient (Wildman–Crippen LogP) is 3.77. The van der Waals surface area contributed by atoms with Crippen LogP contribution in [0.25, 0.3) is 10.1 Å². The highest BCUT2D eigenvalue weighted by molar-refractivity contribution is 7.20. The van der Waals surface area contributed by atoms with Crippen molar-refractivity contribution in [1.29, 1.82) is 0 Å². The molecule has 1 aromatic carbocycles. The molecule has 7 heteroatoms. The predicted molar refractivity (Wildman–Crippen MR) is 94.4 cm³/mol. The molecule has 0 radical (unpaired) electrons. The monoisotopic (exact) mass is 362 g/mol. The lowest BCUT2D eigenvalue weighted by Gasteiger charge is -2.26. The largest absolute Gasteiger partial charge is 0.394 e. The Kier molecular flexibility index (Phi) is 4.99. The van der Waals surface area contributed by atoms with Gasteiger partial charge in [0.2, 0.25) is 0 Å². The maximum atomic E-state index is 12.8. The van der Waals surface area contributed by atoms with Crippen molar-refractivity contribution >= 4 is 38.9 Å². The Morgan fingerprint density at radius 3 is 2.79 bits per heavy atom. The summed E-state index contributed by atoms with van der Waals surface area (Å²) in [6.45, 7) is 1.49. The van der Waals surface area contributed by atoms with Crippen LogP contribution in [0.5, 0.6) is 5.75 Å². The number of benzene rings is 1. The Labute approximate surface area is 148 Å². The van der Waals surface area contributed by atoms with Gasteiger partial charge in [-0.2, -0.15) is 5.06 Å². The van der Waals surface area contributed by atoms with E-state index in [0.29, 0.717) is 15.6 Å². The second kappa shape index (κ2) is 7.17. The standard InChI is InChI=1S/C17H15ClN2O3S/c1-11(10-21)20(23-14-4-2-13(18)3-5-14)17(22)15-8-12-6-7-19-9-16(12)24-15/h2-9,11,21H,10H2,1H3. The molecule has 3 aromatic rings. The van der Waals surface area contributed by atoms with Gasteiger partial charge in [0.1, 0.15) is 0 Å². The molecular weight excluding hydrogens is 348 g/mol. The fourth-order valence-electron chi connectivity index (χ4n) is 2.11. The summed E-state index contributed by atoms with van der Waals surface area (Å²) in [4.78, 5) is 23.1. The zero-order valence-corrected chi connectivity index (χ0v) is 14.4. The minimum absolute atomic E-state index is 0.216. The van der Waals surface area contributed by atoms with Crippen molar-refractivity contribution in [3.63, 3.8) is 0 Å². The van der Waals surface area contributed by atoms with Gasteiger partial charge in [0.25, 0.3) is 5.91 Å². The first-order valence-corrected chi connectivity index (χ1v) is 8.49. The molecule has 24 heavy (non-hydrogen) atoms. The van der Waals surface area contributed by atoms with Crippen LogP contribution in [-0.2, 0) is 0 Å². The van der Waals surface area contributed by atoms with Crippen LogP contribution in [0.2, 0.25) is 5.02 Å². The number of aliphatic hydroxyl groups is 1. The maximum Gasteiger partial charge on any atom is 0.296 e. The van der Waals surface area contributed by atoms with Gasteiger partial charge in [-0.15, -0.1) is 11.3 Å². The number of carbonyl (C=O) groups is 1. The van der Waals surface area contributed by atoms with Crippen LogP contribution < -0.4 is 4.84 Å². The van der Waals surface area contributed by atoms with Crippen LogP contribution in [-0.4, -0.2) is 33.7 Å². The number of carbonyl (C=O) groups excluding carboxylic acids is 1. The van der Waals surface area contributed by atoms with E-state index in [9.17, 15) is 9.90 Å². The van der Waals surface area contributed by atoms with Gasteiger partial charge >= 0.3 is 0 Å². The molecule has 3 rings (SSSR count). The molecule has 0 saturated carbocycles. The first kappa shape index (κ1) is 16.7. The second-order valence-corrected chi connectivity index (χ2v) is 6.75. The molecule has 0 saturated heterocycles. The Morgan fingerprint density at radius 2 is 2.12 bits per heavy atom. The summed E-state index contributed by atoms with van der Waals surface area (Å²) in [5, 5.41) is 12.2. The number of pyridine rings is 1. The lowest BCUT2D eigenvalue weighted by Crippen LogP contribution is -2.42. The number of thiophene rings is 1. The van der Waals surface area contributed by atoms with Gasteiger partial charge in [0, 0.05) is 17.4 Å². The molecule has 1 atom stereocenters. The molecule has 0 spiro atoms. The van der Waals surface area contributed by atoms with E-state index in [1.165, 1.54) is 16.4 Å². The Morgan fingerprint density at radius 1 is 1.38 bits per heavy atom. The number of fused-ring (bicyclic) bond motifs is 1. The normalized spacial score (nSPS) is 12.1. The molecule has 124 valence electrons. The zero-order chi connectivity index (χ0) is 17.1. The van der Waals surface area contributed by atoms with Gasteiger partial charge in [-0.3, -0.25) is 9.78 Å². The van der Waals surface area contributed by atoms with Gasteiger partial charge in [0.05, 0.1) is 22.2 Å². The molecule has 0 aliphatic rings. The van der Waals surface area contributed by atoms with Crippen molar-refractivity contribution in [2.75, 3.05) is 6.61 Å². The molecule has 2 aromatic heterocycles. The summed E-state index contributed by atoms with van der Waals surface area (Å²) in [5.41, 5.74) is 0. The van der Waals surface area contributed by atoms with E-state index in [1.54, 1.807) is 49.6 Å². The van der Waals surface area contributed by atoms with Crippen molar-refractivity contribution in [1.82, 2.24) is 10.0 Å². The van der Waals surface area contributed by atoms with Crippen molar-refractivity contribution in [3.05, 3.63) is 58.7 Å². The van der Waals surface area contributed by atoms with Crippen LogP contribution in [0.4, 0.5) is 0 Å². The maximum absolute atomic E-state index is 12.8. The van der Waals surface area contributed by atoms with Crippen LogP contribution in [0, 0.1) is 0 Å². The number of amides is 1. The molecule has 0 fully saturated rings. The SMILES string of the molecule is CC(CO)N(Oc1ccc(Cl)cc1)C(=O)c1cc2ccncc2s1. The van der Waals surface area contributed by atoms with E-state index in [1.807, 2.05) is 6.07 Å². The van der Waals surface area contributed by atoms with E-state index in [4.69, 9.17) is 16.4 Å². The van der Waals surface area contributed by atoms with Crippen molar-refractivity contribution in [3.8, 4) is 5.75 Å². The minimum Gasteiger partial charge on any atom is -0.394 e. The summed E-state index contributed by atoms with van der Waals surface area (Å²) in [5.74, 6) is 0.156. The highest BCUT2D eigenvalue weighted by Crippen LogP contribution is 2.27. The number of aromatic nitrogens is 1. The van der Waals surface area contributed by atoms with Crippen LogP contribution in [0.1, 0.15) is 16.6 Å². The van der Waals surface area contributed by atoms with Gasteiger partial charge in [-0.05, 0) is 48.7 Å². The fourth-order valence-corrected chi connectivity index (χ4v) is 3.20. The third-order valence-corrected chi connectivity index (χ3v) is 4.74. The molecule has 1 N–H and O–H groups in total. The molecular formula is C17H15ClN2O3S. The number of aliphatic hydroxyl groups excluding tert-OH is 1. The van der Waals surface area contributed by atoms with Gasteiger partial charge < -0.3 is 9.94 Å². The highest BCUT2D eigenvalue weighted by Gasteiger charge is 2.25. The third-order valence-electron chi connectivity index (χ3n) is 3.42. The number of nitrogens with zero attached hydrogens (tertiary/aromatic N) is 2. The summed E-state index contributed by atoms with van der Waals surface area (Å²) in [6.07, 6.45) is 3.40. The van der Waals surface area contributed by atoms with Crippen LogP contribution >= 0.6 is 22.9 Å². The Hall–Kier alpha value is -2.15. The fraction of sp³-hybridized carbons (Fsp3) is 0.176. The number of rotatable bonds is 5. The molecule has 5 nitrogen and oxygen atoms in total. The van der Waals surface area contributed by atoms with Crippen molar-refractivity contribution in [2.24, 2.45) is 0 Å². The molecule has 0 aliphatic carbocycles. The third kappa shape index (κ3) is 3.51. The summed E-state index contributed by atoms with van der Waals surface area (Å²) in [7, 11) is 0. The number of hydroxylamine groups is 2. The van der Waals surface area contributed by atoms with E-state index in [0.717, 1.165) is 10.1 Å². The second-order valence-electron chi connectivity index (χ2n) is 5.23. The molecule has 1 unspecified atom stereocenters. The van der Waals surface area contributed by atoms with Crippen molar-refractivity contribution in [2.45, 2.75) is 13.0 Å². The highest BCUT2D eigenvalue weighted by atomic mass is 35.5. The van der Waals surface area contributed by atoms with E-state index in [2.05, 4.69) is 4.98 Å². The first-order chi connectivity index (χ1) is 11.6. The first-order valence-electron chi connectivity index (χ1n) is 7.30. The summed E-state index contributed by atoms with van der Waals surface area (Å²) in [6, 6.07) is 9.83. The topological polar surface area (TPSA) is 62.7 Å². The number of hydrogen-bond acceptors (Lipinski definition) is 5. The van der Waals surface area contributed by atoms with E-state index >= 15 is 0 Å². The summed E-state index contributed by atoms with van der Waals surface area (Å²) < 4.78 is 0.920. The molecule has 2 heterocycles. The van der Waals surface area contributed by atoms with Crippen LogP contribution in [0.15, 0.2) is 48.8 Å². The lowest BCUT2D eigenvalue weighted by atomic mass is 10.3. The molecule has 0 aliphatic heterocycles. The number of hydrogen-bond donors (Lipinski definition) is 1. The number of halogens is 1. The van der Waals surface area contributed by atoms with Crippen molar-refractivity contribution < 1.29 is 14.7 Å². The van der Waals surface area contributed by atoms with Crippen LogP contribution in [0.3, 0.4) is 0 Å². The summed E-state index contributed by atoms with van der Waals surface area (Å²) >= 11 is 7.20. The Balaban J connectivity index is 1.89. The minimum atomic E-state index is -0.503. The Bertz CT molecular complexity index is 817. The lowest BCUT2D eigenvalue weighted by molar-refractivity contribution is -0.0694. The van der Waals surface area contributed by atoms with E-state index < -0.39 is 6.04 Å². The molecule has 0 bridgehead atoms. The quantitative estimate of drug-likeness (QED) is 0.702. The van der Waals surface area contributed by atoms with Gasteiger partial charge in [-0.1, -0.05) is 11.6 Å². The average molecular weight is 363 g/mol.